The van der Waals surface area contributed by atoms with Crippen LogP contribution < -0.4 is 4.74 Å². The van der Waals surface area contributed by atoms with Crippen molar-refractivity contribution < 1.29 is 24.1 Å². The number of para-hydroxylation sites is 5. The van der Waals surface area contributed by atoms with E-state index in [1.165, 1.54) is 5.56 Å². The summed E-state index contributed by atoms with van der Waals surface area (Å²) in [7, 11) is 0. The van der Waals surface area contributed by atoms with Crippen LogP contribution in [-0.4, -0.2) is 23.1 Å². The summed E-state index contributed by atoms with van der Waals surface area (Å²) in [6.45, 7) is 8.95. The standard InChI is InChI=1S/C83H61N5O.Pt/c1-55-50-79(84-53-72(55)60-42-44-61(45-43-60)83(2,3)4)87-73-39-19-17-32-68(73)70-48-46-62(51-77(70)87)89-63-47-49-75-78(52-63)86-54-85(80-64(56-24-9-5-10-25-56)34-21-35-65(80)57-26-11-6-12-27-57)76-41-23-38-71(82(76)86)69-33-18-20-40-74(69)88(75)81-66(58-28-13-7-14-29-58)36-22-37-67(81)59-30-15-8-16-31-59;/h5-53H,1-4H3;. The average molecular weight is 1340 g/mol. The minimum absolute atomic E-state index is 0.0674. The topological polar surface area (TPSA) is 41.3 Å². The van der Waals surface area contributed by atoms with Crippen molar-refractivity contribution in [1.29, 1.82) is 0 Å². The third-order valence-electron chi connectivity index (χ3n) is 17.8. The summed E-state index contributed by atoms with van der Waals surface area (Å²) in [5.74, 6) is 2.25. The fourth-order valence-electron chi connectivity index (χ4n) is 13.5. The number of hydrogen-bond donors (Lipinski definition) is 0. The molecule has 0 unspecified atom stereocenters. The first kappa shape index (κ1) is 54.7. The molecular formula is C83H61N5OPt. The molecule has 0 aliphatic rings. The van der Waals surface area contributed by atoms with E-state index in [1.54, 1.807) is 0 Å². The molecule has 7 heteroatoms. The number of imidazole rings is 1. The fourth-order valence-corrected chi connectivity index (χ4v) is 14.6. The van der Waals surface area contributed by atoms with E-state index in [2.05, 4.69) is 356 Å². The van der Waals surface area contributed by atoms with Gasteiger partial charge in [0.1, 0.15) is 0 Å². The van der Waals surface area contributed by atoms with Gasteiger partial charge in [-0.1, -0.05) is 57.2 Å². The van der Waals surface area contributed by atoms with E-state index in [1.807, 2.05) is 6.20 Å². The molecule has 0 spiro atoms. The van der Waals surface area contributed by atoms with Gasteiger partial charge in [0, 0.05) is 11.8 Å². The first-order chi connectivity index (χ1) is 44.1. The minimum atomic E-state index is 0.0674. The van der Waals surface area contributed by atoms with Gasteiger partial charge in [-0.15, -0.1) is 0 Å². The van der Waals surface area contributed by atoms with E-state index in [4.69, 9.17) is 9.72 Å². The summed E-state index contributed by atoms with van der Waals surface area (Å²) in [4.78, 5) is 5.23. The van der Waals surface area contributed by atoms with Gasteiger partial charge in [-0.2, -0.15) is 0 Å². The van der Waals surface area contributed by atoms with Crippen LogP contribution in [-0.2, 0) is 24.8 Å². The first-order valence-corrected chi connectivity index (χ1v) is 31.8. The Bertz CT molecular complexity index is 5440. The molecule has 0 bridgehead atoms. The van der Waals surface area contributed by atoms with Crippen molar-refractivity contribution >= 4 is 60.2 Å². The van der Waals surface area contributed by atoms with E-state index in [0.717, 1.165) is 142 Å². The zero-order chi connectivity index (χ0) is 60.6. The second-order valence-corrected chi connectivity index (χ2v) is 25.3. The number of fused-ring (bicyclic) bond motifs is 7. The van der Waals surface area contributed by atoms with Gasteiger partial charge in [0.25, 0.3) is 0 Å². The fraction of sp³-hybridized carbons (Fsp3) is 0.0602. The number of hydrogen-bond acceptors (Lipinski definition) is 2. The molecule has 12 aromatic carbocycles. The van der Waals surface area contributed by atoms with Crippen molar-refractivity contribution in [3.8, 4) is 84.3 Å². The second kappa shape index (κ2) is 22.2. The predicted octanol–water partition coefficient (Wildman–Crippen LogP) is 21.8. The van der Waals surface area contributed by atoms with Crippen LogP contribution in [0.4, 0.5) is 0 Å². The van der Waals surface area contributed by atoms with Gasteiger partial charge in [-0.05, 0) is 29.0 Å². The van der Waals surface area contributed by atoms with Crippen molar-refractivity contribution in [1.82, 2.24) is 23.1 Å². The third kappa shape index (κ3) is 9.29. The zero-order valence-electron chi connectivity index (χ0n) is 50.3. The molecule has 6 nitrogen and oxygen atoms in total. The molecule has 0 aliphatic heterocycles. The van der Waals surface area contributed by atoms with Crippen LogP contribution in [0.1, 0.15) is 31.9 Å². The summed E-state index contributed by atoms with van der Waals surface area (Å²) in [5, 5.41) is 4.48. The zero-order valence-corrected chi connectivity index (χ0v) is 52.5. The number of benzene rings is 12. The molecular weight excluding hydrogens is 1280 g/mol. The van der Waals surface area contributed by atoms with Crippen LogP contribution >= 0.6 is 0 Å². The molecule has 0 atom stereocenters. The molecule has 4 aromatic heterocycles. The van der Waals surface area contributed by atoms with Crippen molar-refractivity contribution in [2.75, 3.05) is 0 Å². The monoisotopic (exact) mass is 1340 g/mol. The molecule has 0 saturated heterocycles. The molecule has 0 saturated carbocycles. The number of nitrogens with zero attached hydrogens (tertiary/aromatic N) is 5. The second-order valence-electron chi connectivity index (χ2n) is 24.3. The SMILES string of the molecule is Cc1cc(-n2c3ccccc3c3ccc(Oc4ccc5c(c4)n4[c](=[Pt])n(-c6c(-c7ccccc7)cccc6-c6ccccc6)c6cccc(c7ccccc7n5-c5c(-c7ccccc7)cccc5-c5ccccc5)c64)cc32)ncc1-c1ccc(C(C)(C)C)cc1. The van der Waals surface area contributed by atoms with Gasteiger partial charge in [0.05, 0.1) is 0 Å². The summed E-state index contributed by atoms with van der Waals surface area (Å²) < 4.78 is 18.1. The van der Waals surface area contributed by atoms with Crippen LogP contribution in [0.5, 0.6) is 11.5 Å². The summed E-state index contributed by atoms with van der Waals surface area (Å²) in [5.41, 5.74) is 23.2. The van der Waals surface area contributed by atoms with Crippen LogP contribution in [0.2, 0.25) is 0 Å². The van der Waals surface area contributed by atoms with E-state index in [-0.39, 0.29) is 5.41 Å². The predicted molar refractivity (Wildman–Crippen MR) is 370 cm³/mol. The molecule has 0 N–H and O–H groups in total. The number of rotatable bonds is 10. The van der Waals surface area contributed by atoms with Crippen LogP contribution in [0.25, 0.3) is 133 Å². The number of pyridine rings is 1. The molecule has 16 aromatic rings. The van der Waals surface area contributed by atoms with Gasteiger partial charge in [-0.3, -0.25) is 0 Å². The van der Waals surface area contributed by atoms with E-state index in [9.17, 15) is 0 Å². The summed E-state index contributed by atoms with van der Waals surface area (Å²) in [6, 6.07) is 105. The first-order valence-electron chi connectivity index (χ1n) is 30.7. The molecule has 0 fully saturated rings. The molecule has 0 amide bonds. The third-order valence-corrected chi connectivity index (χ3v) is 18.8. The minimum Gasteiger partial charge on any atom is -0.0579 e. The van der Waals surface area contributed by atoms with Crippen LogP contribution in [0.15, 0.2) is 297 Å². The molecule has 16 rings (SSSR count). The Labute approximate surface area is 533 Å². The Hall–Kier alpha value is -10.7. The Morgan fingerprint density at radius 2 is 0.778 bits per heavy atom. The quantitative estimate of drug-likeness (QED) is 0.137. The van der Waals surface area contributed by atoms with Crippen molar-refractivity contribution in [3.63, 3.8) is 0 Å². The van der Waals surface area contributed by atoms with E-state index < -0.39 is 0 Å². The van der Waals surface area contributed by atoms with Gasteiger partial charge < -0.3 is 0 Å². The number of aryl methyl sites for hydroxylation is 1. The van der Waals surface area contributed by atoms with Gasteiger partial charge in [0.15, 0.2) is 0 Å². The smallest absolute Gasteiger partial charge is 0.0579 e. The summed E-state index contributed by atoms with van der Waals surface area (Å²) in [6.07, 6.45) is 2.03. The van der Waals surface area contributed by atoms with Gasteiger partial charge in [-0.25, -0.2) is 0 Å². The number of ether oxygens (including phenoxy) is 1. The van der Waals surface area contributed by atoms with E-state index >= 15 is 0 Å². The Balaban J connectivity index is 0.982. The number of aromatic nitrogens is 5. The van der Waals surface area contributed by atoms with Crippen molar-refractivity contribution in [3.05, 3.63) is 312 Å². The van der Waals surface area contributed by atoms with Crippen LogP contribution in [0.3, 0.4) is 0 Å². The molecule has 90 heavy (non-hydrogen) atoms. The molecule has 0 radical (unpaired) electrons. The molecule has 4 heterocycles. The maximum absolute atomic E-state index is 7.34. The van der Waals surface area contributed by atoms with Crippen molar-refractivity contribution in [2.24, 2.45) is 0 Å². The Morgan fingerprint density at radius 3 is 1.32 bits per heavy atom. The molecule has 434 valence electrons. The maximum atomic E-state index is 7.34. The Kier molecular flexibility index (Phi) is 13.5. The Morgan fingerprint density at radius 1 is 0.344 bits per heavy atom. The van der Waals surface area contributed by atoms with Crippen LogP contribution in [0, 0.1) is 10.7 Å². The normalized spacial score (nSPS) is 11.8. The summed E-state index contributed by atoms with van der Waals surface area (Å²) >= 11 is 2.60. The van der Waals surface area contributed by atoms with Gasteiger partial charge in [0.2, 0.25) is 0 Å². The average Bonchev–Trinajstić information content (AvgIpc) is 1.47. The van der Waals surface area contributed by atoms with Crippen molar-refractivity contribution in [2.45, 2.75) is 33.1 Å². The van der Waals surface area contributed by atoms with E-state index in [0.29, 0.717) is 11.5 Å². The van der Waals surface area contributed by atoms with Gasteiger partial charge >= 0.3 is 439 Å². The molecule has 0 aliphatic carbocycles.